The number of hydrogen-bond acceptors (Lipinski definition) is 2. The molecule has 1 aromatic carbocycles. The summed E-state index contributed by atoms with van der Waals surface area (Å²) in [6.45, 7) is 2.96. The van der Waals surface area contributed by atoms with Crippen molar-refractivity contribution in [2.24, 2.45) is 5.73 Å². The third-order valence-corrected chi connectivity index (χ3v) is 5.48. The molecule has 112 valence electrons. The molecule has 21 heavy (non-hydrogen) atoms. The molecule has 1 heterocycles. The Balaban J connectivity index is 2.07. The molecule has 0 amide bonds. The Morgan fingerprint density at radius 1 is 1.29 bits per heavy atom. The van der Waals surface area contributed by atoms with Gasteiger partial charge in [0, 0.05) is 12.0 Å². The average Bonchev–Trinajstić information content (AvgIpc) is 3.15. The van der Waals surface area contributed by atoms with Gasteiger partial charge in [0.05, 0.1) is 22.4 Å². The Hall–Kier alpha value is -1.13. The minimum atomic E-state index is -0.0285. The van der Waals surface area contributed by atoms with Gasteiger partial charge in [-0.15, -0.1) is 0 Å². The molecule has 1 aromatic heterocycles. The second kappa shape index (κ2) is 5.93. The molecule has 1 aliphatic rings. The van der Waals surface area contributed by atoms with Crippen molar-refractivity contribution in [2.75, 3.05) is 0 Å². The highest BCUT2D eigenvalue weighted by Crippen LogP contribution is 2.49. The van der Waals surface area contributed by atoms with Crippen molar-refractivity contribution in [3.63, 3.8) is 0 Å². The maximum absolute atomic E-state index is 6.80. The van der Waals surface area contributed by atoms with Gasteiger partial charge >= 0.3 is 0 Å². The molecule has 3 nitrogen and oxygen atoms in total. The summed E-state index contributed by atoms with van der Waals surface area (Å²) >= 11 is 3.64. The average molecular weight is 348 g/mol. The molecule has 0 bridgehead atoms. The van der Waals surface area contributed by atoms with E-state index in [4.69, 9.17) is 5.73 Å². The van der Waals surface area contributed by atoms with Crippen molar-refractivity contribution in [3.05, 3.63) is 52.3 Å². The number of rotatable bonds is 4. The topological polar surface area (TPSA) is 43.8 Å². The largest absolute Gasteiger partial charge is 0.322 e. The van der Waals surface area contributed by atoms with Crippen LogP contribution in [0.25, 0.3) is 0 Å². The van der Waals surface area contributed by atoms with E-state index in [2.05, 4.69) is 58.3 Å². The zero-order valence-electron chi connectivity index (χ0n) is 12.4. The summed E-state index contributed by atoms with van der Waals surface area (Å²) in [5, 5.41) is 4.44. The van der Waals surface area contributed by atoms with E-state index in [1.807, 2.05) is 10.9 Å². The summed E-state index contributed by atoms with van der Waals surface area (Å²) in [5.41, 5.74) is 9.33. The summed E-state index contributed by atoms with van der Waals surface area (Å²) in [6, 6.07) is 10.7. The van der Waals surface area contributed by atoms with Crippen LogP contribution in [0.5, 0.6) is 0 Å². The van der Waals surface area contributed by atoms with E-state index >= 15 is 0 Å². The maximum Gasteiger partial charge on any atom is 0.0702 e. The molecular weight excluding hydrogens is 326 g/mol. The molecule has 2 N–H and O–H groups in total. The summed E-state index contributed by atoms with van der Waals surface area (Å²) in [5.74, 6) is 0. The molecule has 1 atom stereocenters. The zero-order valence-corrected chi connectivity index (χ0v) is 14.0. The summed E-state index contributed by atoms with van der Waals surface area (Å²) in [7, 11) is 0. The fourth-order valence-corrected chi connectivity index (χ4v) is 4.29. The van der Waals surface area contributed by atoms with Crippen molar-refractivity contribution in [1.82, 2.24) is 9.78 Å². The van der Waals surface area contributed by atoms with E-state index in [1.165, 1.54) is 18.4 Å². The van der Waals surface area contributed by atoms with Gasteiger partial charge in [-0.2, -0.15) is 5.10 Å². The molecule has 4 heteroatoms. The third-order valence-electron chi connectivity index (χ3n) is 4.87. The lowest BCUT2D eigenvalue weighted by Crippen LogP contribution is -2.38. The lowest BCUT2D eigenvalue weighted by molar-refractivity contribution is 0.338. The minimum absolute atomic E-state index is 0.0285. The second-order valence-corrected chi connectivity index (χ2v) is 6.75. The molecule has 0 spiro atoms. The van der Waals surface area contributed by atoms with Gasteiger partial charge in [0.15, 0.2) is 0 Å². The van der Waals surface area contributed by atoms with Crippen LogP contribution in [-0.4, -0.2) is 9.78 Å². The molecule has 0 aliphatic heterocycles. The molecule has 1 aliphatic carbocycles. The number of nitrogens with zero attached hydrogens (tertiary/aromatic N) is 2. The van der Waals surface area contributed by atoms with Crippen LogP contribution < -0.4 is 5.73 Å². The highest BCUT2D eigenvalue weighted by molar-refractivity contribution is 9.10. The van der Waals surface area contributed by atoms with Gasteiger partial charge in [0.25, 0.3) is 0 Å². The van der Waals surface area contributed by atoms with Crippen molar-refractivity contribution in [3.8, 4) is 0 Å². The van der Waals surface area contributed by atoms with Crippen LogP contribution in [0.4, 0.5) is 0 Å². The predicted molar refractivity (Wildman–Crippen MR) is 89.1 cm³/mol. The summed E-state index contributed by atoms with van der Waals surface area (Å²) in [4.78, 5) is 0. The highest BCUT2D eigenvalue weighted by atomic mass is 79.9. The molecule has 1 unspecified atom stereocenters. The van der Waals surface area contributed by atoms with Crippen LogP contribution in [0.1, 0.15) is 49.9 Å². The van der Waals surface area contributed by atoms with E-state index in [1.54, 1.807) is 0 Å². The first-order valence-electron chi connectivity index (χ1n) is 7.71. The Morgan fingerprint density at radius 2 is 1.95 bits per heavy atom. The standard InChI is InChI=1S/C17H22BrN3/c1-2-21-15(14(18)12-20-21)16(19)17(10-6-7-11-17)13-8-4-3-5-9-13/h3-5,8-9,12,16H,2,6-7,10-11,19H2,1H3. The fourth-order valence-electron chi connectivity index (χ4n) is 3.75. The SMILES string of the molecule is CCn1ncc(Br)c1C(N)C1(c2ccccc2)CCCC1. The van der Waals surface area contributed by atoms with Crippen molar-refractivity contribution >= 4 is 15.9 Å². The van der Waals surface area contributed by atoms with E-state index in [0.717, 1.165) is 29.6 Å². The zero-order chi connectivity index (χ0) is 14.9. The van der Waals surface area contributed by atoms with E-state index in [-0.39, 0.29) is 11.5 Å². The van der Waals surface area contributed by atoms with E-state index in [0.29, 0.717) is 0 Å². The van der Waals surface area contributed by atoms with Crippen LogP contribution in [0.2, 0.25) is 0 Å². The van der Waals surface area contributed by atoms with Crippen molar-refractivity contribution < 1.29 is 0 Å². The van der Waals surface area contributed by atoms with Crippen LogP contribution >= 0.6 is 15.9 Å². The molecule has 2 aromatic rings. The Kier molecular flexibility index (Phi) is 4.18. The third kappa shape index (κ3) is 2.44. The normalized spacial score (nSPS) is 18.8. The van der Waals surface area contributed by atoms with Crippen LogP contribution in [0, 0.1) is 0 Å². The number of halogens is 1. The maximum atomic E-state index is 6.80. The highest BCUT2D eigenvalue weighted by Gasteiger charge is 2.43. The quantitative estimate of drug-likeness (QED) is 0.901. The first-order chi connectivity index (χ1) is 10.2. The first-order valence-corrected chi connectivity index (χ1v) is 8.50. The van der Waals surface area contributed by atoms with Gasteiger partial charge in [-0.3, -0.25) is 4.68 Å². The second-order valence-electron chi connectivity index (χ2n) is 5.90. The number of hydrogen-bond donors (Lipinski definition) is 1. The predicted octanol–water partition coefficient (Wildman–Crippen LogP) is 4.18. The minimum Gasteiger partial charge on any atom is -0.322 e. The number of aryl methyl sites for hydroxylation is 1. The van der Waals surface area contributed by atoms with Gasteiger partial charge in [-0.25, -0.2) is 0 Å². The lowest BCUT2D eigenvalue weighted by atomic mass is 9.72. The monoisotopic (exact) mass is 347 g/mol. The summed E-state index contributed by atoms with van der Waals surface area (Å²) < 4.78 is 3.05. The van der Waals surface area contributed by atoms with Gasteiger partial charge < -0.3 is 5.73 Å². The van der Waals surface area contributed by atoms with Gasteiger partial charge in [0.2, 0.25) is 0 Å². The van der Waals surface area contributed by atoms with Crippen molar-refractivity contribution in [2.45, 2.75) is 50.6 Å². The summed E-state index contributed by atoms with van der Waals surface area (Å²) in [6.07, 6.45) is 6.67. The Labute approximate surface area is 134 Å². The van der Waals surface area contributed by atoms with Crippen LogP contribution in [0.15, 0.2) is 41.0 Å². The number of aromatic nitrogens is 2. The van der Waals surface area contributed by atoms with Gasteiger partial charge in [-0.05, 0) is 41.3 Å². The number of benzene rings is 1. The lowest BCUT2D eigenvalue weighted by Gasteiger charge is -2.36. The molecule has 1 fully saturated rings. The van der Waals surface area contributed by atoms with Crippen LogP contribution in [-0.2, 0) is 12.0 Å². The molecular formula is C17H22BrN3. The molecule has 3 rings (SSSR count). The molecule has 0 radical (unpaired) electrons. The van der Waals surface area contributed by atoms with Gasteiger partial charge in [0.1, 0.15) is 0 Å². The first kappa shape index (κ1) is 14.8. The Bertz CT molecular complexity index is 600. The Morgan fingerprint density at radius 3 is 2.57 bits per heavy atom. The number of nitrogens with two attached hydrogens (primary N) is 1. The van der Waals surface area contributed by atoms with E-state index < -0.39 is 0 Å². The smallest absolute Gasteiger partial charge is 0.0702 e. The van der Waals surface area contributed by atoms with Crippen LogP contribution in [0.3, 0.4) is 0 Å². The van der Waals surface area contributed by atoms with Gasteiger partial charge in [-0.1, -0.05) is 43.2 Å². The van der Waals surface area contributed by atoms with E-state index in [9.17, 15) is 0 Å². The van der Waals surface area contributed by atoms with Crippen molar-refractivity contribution in [1.29, 1.82) is 0 Å². The molecule has 0 saturated heterocycles. The fraction of sp³-hybridized carbons (Fsp3) is 0.471. The molecule has 1 saturated carbocycles.